The number of hydrogen-bond acceptors (Lipinski definition) is 7. The third kappa shape index (κ3) is 3.73. The Morgan fingerprint density at radius 3 is 1.50 bits per heavy atom. The van der Waals surface area contributed by atoms with Gasteiger partial charge >= 0.3 is 0 Å². The lowest BCUT2D eigenvalue weighted by atomic mass is 10.1. The van der Waals surface area contributed by atoms with Gasteiger partial charge in [-0.15, -0.1) is 0 Å². The second kappa shape index (κ2) is 8.08. The third-order valence-electron chi connectivity index (χ3n) is 4.56. The van der Waals surface area contributed by atoms with E-state index in [4.69, 9.17) is 9.47 Å². The van der Waals surface area contributed by atoms with E-state index in [-0.39, 0.29) is 23.1 Å². The first-order chi connectivity index (χ1) is 14.6. The molecular weight excluding hydrogens is 382 g/mol. The van der Waals surface area contributed by atoms with E-state index >= 15 is 0 Å². The number of hydrogen-bond donors (Lipinski definition) is 2. The van der Waals surface area contributed by atoms with Gasteiger partial charge in [-0.3, -0.25) is 0 Å². The lowest BCUT2D eigenvalue weighted by Crippen LogP contribution is -2.00. The van der Waals surface area contributed by atoms with Gasteiger partial charge in [0.25, 0.3) is 0 Å². The van der Waals surface area contributed by atoms with Crippen LogP contribution in [-0.4, -0.2) is 39.4 Å². The van der Waals surface area contributed by atoms with Gasteiger partial charge in [-0.1, -0.05) is 30.3 Å². The Labute approximate surface area is 173 Å². The van der Waals surface area contributed by atoms with Crippen LogP contribution in [0, 0.1) is 0 Å². The summed E-state index contributed by atoms with van der Waals surface area (Å²) in [6.07, 6.45) is 0. The molecule has 3 aromatic carbocycles. The Hall–Kier alpha value is -4.13. The molecule has 1 aromatic heterocycles. The van der Waals surface area contributed by atoms with E-state index < -0.39 is 0 Å². The highest BCUT2D eigenvalue weighted by Crippen LogP contribution is 2.35. The van der Waals surface area contributed by atoms with Crippen LogP contribution in [0.25, 0.3) is 34.2 Å². The third-order valence-corrected chi connectivity index (χ3v) is 4.56. The van der Waals surface area contributed by atoms with Crippen LogP contribution >= 0.6 is 0 Å². The quantitative estimate of drug-likeness (QED) is 0.514. The van der Waals surface area contributed by atoms with E-state index in [0.717, 1.165) is 5.56 Å². The standard InChI is InChI=1S/C23H19N3O4/c1-29-15-8-10-17(19(27)12-15)22-24-21(14-6-4-3-5-7-14)25-23(26-22)18-11-9-16(30-2)13-20(18)28/h3-13,27-28H,1-2H3. The van der Waals surface area contributed by atoms with E-state index in [1.807, 2.05) is 30.3 Å². The van der Waals surface area contributed by atoms with E-state index in [0.29, 0.717) is 28.5 Å². The Bertz CT molecular complexity index is 1120. The van der Waals surface area contributed by atoms with Gasteiger partial charge < -0.3 is 19.7 Å². The zero-order valence-corrected chi connectivity index (χ0v) is 16.4. The number of aromatic hydroxyl groups is 2. The molecule has 150 valence electrons. The average molecular weight is 401 g/mol. The molecule has 0 aliphatic heterocycles. The maximum atomic E-state index is 10.5. The van der Waals surface area contributed by atoms with Crippen LogP contribution in [0.3, 0.4) is 0 Å². The van der Waals surface area contributed by atoms with Crippen LogP contribution in [0.2, 0.25) is 0 Å². The number of benzene rings is 3. The predicted molar refractivity (Wildman–Crippen MR) is 113 cm³/mol. The summed E-state index contributed by atoms with van der Waals surface area (Å²) in [5.41, 5.74) is 1.62. The van der Waals surface area contributed by atoms with Crippen molar-refractivity contribution in [2.24, 2.45) is 0 Å². The molecule has 0 bridgehead atoms. The smallest absolute Gasteiger partial charge is 0.167 e. The second-order valence-corrected chi connectivity index (χ2v) is 6.44. The van der Waals surface area contributed by atoms with Crippen LogP contribution in [0.4, 0.5) is 0 Å². The van der Waals surface area contributed by atoms with Gasteiger partial charge in [0.15, 0.2) is 17.5 Å². The van der Waals surface area contributed by atoms with Crippen LogP contribution < -0.4 is 9.47 Å². The average Bonchev–Trinajstić information content (AvgIpc) is 2.79. The normalized spacial score (nSPS) is 10.6. The maximum Gasteiger partial charge on any atom is 0.167 e. The molecule has 0 atom stereocenters. The van der Waals surface area contributed by atoms with Gasteiger partial charge in [0, 0.05) is 17.7 Å². The molecule has 2 N–H and O–H groups in total. The molecule has 0 saturated heterocycles. The highest BCUT2D eigenvalue weighted by atomic mass is 16.5. The van der Waals surface area contributed by atoms with Crippen molar-refractivity contribution in [3.63, 3.8) is 0 Å². The number of nitrogens with zero attached hydrogens (tertiary/aromatic N) is 3. The lowest BCUT2D eigenvalue weighted by molar-refractivity contribution is 0.408. The van der Waals surface area contributed by atoms with E-state index in [2.05, 4.69) is 15.0 Å². The fraction of sp³-hybridized carbons (Fsp3) is 0.0870. The number of phenolic OH excluding ortho intramolecular Hbond substituents is 2. The first-order valence-corrected chi connectivity index (χ1v) is 9.15. The van der Waals surface area contributed by atoms with Crippen LogP contribution in [-0.2, 0) is 0 Å². The van der Waals surface area contributed by atoms with Crippen molar-refractivity contribution in [2.45, 2.75) is 0 Å². The molecule has 0 spiro atoms. The minimum absolute atomic E-state index is 0.0236. The highest BCUT2D eigenvalue weighted by molar-refractivity contribution is 5.72. The highest BCUT2D eigenvalue weighted by Gasteiger charge is 2.17. The number of rotatable bonds is 5. The zero-order valence-electron chi connectivity index (χ0n) is 16.4. The van der Waals surface area contributed by atoms with Gasteiger partial charge in [-0.2, -0.15) is 0 Å². The fourth-order valence-electron chi connectivity index (χ4n) is 2.99. The van der Waals surface area contributed by atoms with E-state index in [9.17, 15) is 10.2 Å². The summed E-state index contributed by atoms with van der Waals surface area (Å²) >= 11 is 0. The molecular formula is C23H19N3O4. The fourth-order valence-corrected chi connectivity index (χ4v) is 2.99. The Kier molecular flexibility index (Phi) is 5.17. The van der Waals surface area contributed by atoms with Crippen molar-refractivity contribution in [2.75, 3.05) is 14.2 Å². The maximum absolute atomic E-state index is 10.5. The minimum Gasteiger partial charge on any atom is -0.507 e. The van der Waals surface area contributed by atoms with Crippen molar-refractivity contribution in [1.29, 1.82) is 0 Å². The predicted octanol–water partition coefficient (Wildman–Crippen LogP) is 4.30. The molecule has 0 fully saturated rings. The van der Waals surface area contributed by atoms with Crippen molar-refractivity contribution in [3.05, 3.63) is 66.7 Å². The summed E-state index contributed by atoms with van der Waals surface area (Å²) in [5, 5.41) is 21.0. The van der Waals surface area contributed by atoms with Gasteiger partial charge in [-0.05, 0) is 24.3 Å². The molecule has 7 heteroatoms. The van der Waals surface area contributed by atoms with Gasteiger partial charge in [0.2, 0.25) is 0 Å². The van der Waals surface area contributed by atoms with Crippen LogP contribution in [0.5, 0.6) is 23.0 Å². The summed E-state index contributed by atoms with van der Waals surface area (Å²) < 4.78 is 10.3. The summed E-state index contributed by atoms with van der Waals surface area (Å²) in [6, 6.07) is 19.2. The number of ether oxygens (including phenoxy) is 2. The molecule has 0 amide bonds. The molecule has 7 nitrogen and oxygen atoms in total. The first kappa shape index (κ1) is 19.2. The van der Waals surface area contributed by atoms with E-state index in [1.54, 1.807) is 24.3 Å². The molecule has 4 aromatic rings. The van der Waals surface area contributed by atoms with Crippen molar-refractivity contribution in [3.8, 4) is 57.2 Å². The first-order valence-electron chi connectivity index (χ1n) is 9.15. The van der Waals surface area contributed by atoms with Crippen molar-refractivity contribution >= 4 is 0 Å². The second-order valence-electron chi connectivity index (χ2n) is 6.44. The van der Waals surface area contributed by atoms with Crippen LogP contribution in [0.15, 0.2) is 66.7 Å². The summed E-state index contributed by atoms with van der Waals surface area (Å²) in [4.78, 5) is 13.6. The van der Waals surface area contributed by atoms with Crippen molar-refractivity contribution < 1.29 is 19.7 Å². The molecule has 0 saturated carbocycles. The minimum atomic E-state index is -0.0236. The van der Waals surface area contributed by atoms with Crippen molar-refractivity contribution in [1.82, 2.24) is 15.0 Å². The summed E-state index contributed by atoms with van der Waals surface area (Å²) in [5.74, 6) is 1.95. The number of phenols is 2. The molecule has 1 heterocycles. The Morgan fingerprint density at radius 1 is 0.600 bits per heavy atom. The molecule has 0 aliphatic carbocycles. The monoisotopic (exact) mass is 401 g/mol. The number of aromatic nitrogens is 3. The largest absolute Gasteiger partial charge is 0.507 e. The molecule has 30 heavy (non-hydrogen) atoms. The molecule has 4 rings (SSSR count). The van der Waals surface area contributed by atoms with E-state index in [1.165, 1.54) is 26.4 Å². The van der Waals surface area contributed by atoms with Crippen LogP contribution in [0.1, 0.15) is 0 Å². The van der Waals surface area contributed by atoms with Gasteiger partial charge in [0.1, 0.15) is 23.0 Å². The van der Waals surface area contributed by atoms with Gasteiger partial charge in [0.05, 0.1) is 25.3 Å². The number of methoxy groups -OCH3 is 2. The molecule has 0 radical (unpaired) electrons. The SMILES string of the molecule is COc1ccc(-c2nc(-c3ccccc3)nc(-c3ccc(OC)cc3O)n2)c(O)c1. The lowest BCUT2D eigenvalue weighted by Gasteiger charge is -2.11. The summed E-state index contributed by atoms with van der Waals surface area (Å²) in [6.45, 7) is 0. The molecule has 0 aliphatic rings. The topological polar surface area (TPSA) is 97.6 Å². The summed E-state index contributed by atoms with van der Waals surface area (Å²) in [7, 11) is 3.05. The zero-order chi connectivity index (χ0) is 21.1. The molecule has 0 unspecified atom stereocenters. The van der Waals surface area contributed by atoms with Gasteiger partial charge in [-0.25, -0.2) is 15.0 Å². The Balaban J connectivity index is 1.92. The Morgan fingerprint density at radius 2 is 1.07 bits per heavy atom.